The van der Waals surface area contributed by atoms with Crippen LogP contribution in [0, 0.1) is 0 Å². The highest BCUT2D eigenvalue weighted by Crippen LogP contribution is 2.28. The van der Waals surface area contributed by atoms with Gasteiger partial charge in [0.25, 0.3) is 0 Å². The molecule has 1 aromatic carbocycles. The quantitative estimate of drug-likeness (QED) is 0.703. The van der Waals surface area contributed by atoms with Crippen molar-refractivity contribution in [2.45, 2.75) is 51.1 Å². The Balaban J connectivity index is 1.89. The summed E-state index contributed by atoms with van der Waals surface area (Å²) in [7, 11) is -3.65. The van der Waals surface area contributed by atoms with Crippen molar-refractivity contribution >= 4 is 15.9 Å². The second-order valence-corrected chi connectivity index (χ2v) is 9.84. The summed E-state index contributed by atoms with van der Waals surface area (Å²) < 4.78 is 35.4. The molecule has 1 aliphatic heterocycles. The zero-order chi connectivity index (χ0) is 21.2. The zero-order valence-electron chi connectivity index (χ0n) is 17.0. The molecule has 0 aliphatic carbocycles. The van der Waals surface area contributed by atoms with Gasteiger partial charge in [0, 0.05) is 18.4 Å². The van der Waals surface area contributed by atoms with E-state index in [1.54, 1.807) is 20.8 Å². The number of ether oxygens (including phenoxy) is 2. The number of hydrogen-bond acceptors (Lipinski definition) is 7. The molecular weight excluding hydrogens is 394 g/mol. The van der Waals surface area contributed by atoms with Crippen LogP contribution in [-0.4, -0.2) is 47.8 Å². The van der Waals surface area contributed by atoms with E-state index in [1.807, 2.05) is 30.3 Å². The summed E-state index contributed by atoms with van der Waals surface area (Å²) in [5, 5.41) is -0.314. The first-order valence-corrected chi connectivity index (χ1v) is 11.2. The van der Waals surface area contributed by atoms with E-state index in [1.165, 1.54) is 4.90 Å². The zero-order valence-corrected chi connectivity index (χ0v) is 17.8. The highest BCUT2D eigenvalue weighted by molar-refractivity contribution is 7.90. The van der Waals surface area contributed by atoms with E-state index in [-0.39, 0.29) is 24.2 Å². The van der Waals surface area contributed by atoms with E-state index in [4.69, 9.17) is 9.47 Å². The summed E-state index contributed by atoms with van der Waals surface area (Å²) >= 11 is 0. The molecule has 1 aliphatic rings. The first-order chi connectivity index (χ1) is 13.5. The average Bonchev–Trinajstić information content (AvgIpc) is 2.64. The van der Waals surface area contributed by atoms with Crippen LogP contribution in [-0.2, 0) is 34.1 Å². The third kappa shape index (κ3) is 5.44. The SMILES string of the molecule is CC(C)(C)OC(=O)N1CCc2c(nc(S(C)(=O)=O)nc2OCc2ccccc2)C1. The summed E-state index contributed by atoms with van der Waals surface area (Å²) in [5.41, 5.74) is 1.49. The van der Waals surface area contributed by atoms with Gasteiger partial charge < -0.3 is 14.4 Å². The lowest BCUT2D eigenvalue weighted by molar-refractivity contribution is 0.0218. The molecule has 0 N–H and O–H groups in total. The molecule has 8 nitrogen and oxygen atoms in total. The summed E-state index contributed by atoms with van der Waals surface area (Å²) in [6, 6.07) is 9.53. The highest BCUT2D eigenvalue weighted by atomic mass is 32.2. The molecule has 0 bridgehead atoms. The van der Waals surface area contributed by atoms with Crippen LogP contribution < -0.4 is 4.74 Å². The summed E-state index contributed by atoms with van der Waals surface area (Å²) in [6.07, 6.45) is 1.03. The van der Waals surface area contributed by atoms with Crippen molar-refractivity contribution in [3.63, 3.8) is 0 Å². The number of fused-ring (bicyclic) bond motifs is 1. The normalized spacial score (nSPS) is 14.3. The predicted molar refractivity (Wildman–Crippen MR) is 106 cm³/mol. The minimum atomic E-state index is -3.65. The molecule has 1 amide bonds. The molecule has 0 radical (unpaired) electrons. The molecule has 1 aromatic heterocycles. The fourth-order valence-corrected chi connectivity index (χ4v) is 3.39. The van der Waals surface area contributed by atoms with Gasteiger partial charge in [0.05, 0.1) is 12.2 Å². The van der Waals surface area contributed by atoms with Crippen molar-refractivity contribution in [1.82, 2.24) is 14.9 Å². The molecule has 2 heterocycles. The third-order valence-electron chi connectivity index (χ3n) is 4.21. The van der Waals surface area contributed by atoms with Gasteiger partial charge in [-0.1, -0.05) is 30.3 Å². The van der Waals surface area contributed by atoms with E-state index in [9.17, 15) is 13.2 Å². The number of sulfone groups is 1. The van der Waals surface area contributed by atoms with Gasteiger partial charge in [-0.15, -0.1) is 0 Å². The Morgan fingerprint density at radius 3 is 2.48 bits per heavy atom. The van der Waals surface area contributed by atoms with Crippen molar-refractivity contribution in [2.24, 2.45) is 0 Å². The number of carbonyl (C=O) groups excluding carboxylic acids is 1. The second kappa shape index (κ2) is 7.98. The standard InChI is InChI=1S/C20H25N3O5S/c1-20(2,3)28-19(24)23-11-10-15-16(12-23)21-18(29(4,25)26)22-17(15)27-13-14-8-6-5-7-9-14/h5-9H,10-13H2,1-4H3. The first kappa shape index (κ1) is 21.0. The van der Waals surface area contributed by atoms with E-state index in [0.717, 1.165) is 11.8 Å². The minimum Gasteiger partial charge on any atom is -0.472 e. The molecule has 0 saturated heterocycles. The lowest BCUT2D eigenvalue weighted by Gasteiger charge is -2.31. The van der Waals surface area contributed by atoms with Gasteiger partial charge in [0.2, 0.25) is 20.9 Å². The fourth-order valence-electron chi connectivity index (χ4n) is 2.87. The van der Waals surface area contributed by atoms with Gasteiger partial charge in [0.15, 0.2) is 0 Å². The Labute approximate surface area is 170 Å². The Kier molecular flexibility index (Phi) is 5.79. The van der Waals surface area contributed by atoms with Gasteiger partial charge in [-0.25, -0.2) is 18.2 Å². The smallest absolute Gasteiger partial charge is 0.410 e. The lowest BCUT2D eigenvalue weighted by atomic mass is 10.1. The number of carbonyl (C=O) groups is 1. The van der Waals surface area contributed by atoms with Crippen molar-refractivity contribution in [2.75, 3.05) is 12.8 Å². The maximum Gasteiger partial charge on any atom is 0.410 e. The topological polar surface area (TPSA) is 98.7 Å². The summed E-state index contributed by atoms with van der Waals surface area (Å²) in [5.74, 6) is 0.239. The van der Waals surface area contributed by atoms with E-state index in [2.05, 4.69) is 9.97 Å². The summed E-state index contributed by atoms with van der Waals surface area (Å²) in [4.78, 5) is 22.3. The molecule has 29 heavy (non-hydrogen) atoms. The first-order valence-electron chi connectivity index (χ1n) is 9.27. The molecule has 3 rings (SSSR count). The van der Waals surface area contributed by atoms with Crippen molar-refractivity contribution in [1.29, 1.82) is 0 Å². The minimum absolute atomic E-state index is 0.136. The maximum absolute atomic E-state index is 12.4. The number of aromatic nitrogens is 2. The molecule has 9 heteroatoms. The van der Waals surface area contributed by atoms with Gasteiger partial charge in [-0.2, -0.15) is 4.98 Å². The van der Waals surface area contributed by atoms with E-state index >= 15 is 0 Å². The Bertz CT molecular complexity index is 1000. The van der Waals surface area contributed by atoms with Crippen molar-refractivity contribution < 1.29 is 22.7 Å². The van der Waals surface area contributed by atoms with Crippen LogP contribution in [0.1, 0.15) is 37.6 Å². The van der Waals surface area contributed by atoms with Crippen LogP contribution in [0.3, 0.4) is 0 Å². The van der Waals surface area contributed by atoms with Gasteiger partial charge in [-0.3, -0.25) is 0 Å². The molecule has 0 unspecified atom stereocenters. The van der Waals surface area contributed by atoms with Gasteiger partial charge in [0.1, 0.15) is 12.2 Å². The summed E-state index contributed by atoms with van der Waals surface area (Å²) in [6.45, 7) is 6.18. The number of hydrogen-bond donors (Lipinski definition) is 0. The molecule has 156 valence electrons. The Morgan fingerprint density at radius 2 is 1.86 bits per heavy atom. The number of rotatable bonds is 4. The maximum atomic E-state index is 12.4. The van der Waals surface area contributed by atoms with Gasteiger partial charge in [-0.05, 0) is 32.8 Å². The molecule has 2 aromatic rings. The second-order valence-electron chi connectivity index (χ2n) is 7.93. The Hall–Kier alpha value is -2.68. The average molecular weight is 420 g/mol. The van der Waals surface area contributed by atoms with Crippen LogP contribution in [0.25, 0.3) is 0 Å². The van der Waals surface area contributed by atoms with Gasteiger partial charge >= 0.3 is 6.09 Å². The number of nitrogens with zero attached hydrogens (tertiary/aromatic N) is 3. The van der Waals surface area contributed by atoms with Crippen molar-refractivity contribution in [3.8, 4) is 5.88 Å². The molecule has 0 fully saturated rings. The van der Waals surface area contributed by atoms with Crippen LogP contribution in [0.4, 0.5) is 4.79 Å². The lowest BCUT2D eigenvalue weighted by Crippen LogP contribution is -2.40. The molecular formula is C20H25N3O5S. The Morgan fingerprint density at radius 1 is 1.17 bits per heavy atom. The molecule has 0 spiro atoms. The predicted octanol–water partition coefficient (Wildman–Crippen LogP) is 2.75. The third-order valence-corrected chi connectivity index (χ3v) is 5.05. The fraction of sp³-hybridized carbons (Fsp3) is 0.450. The van der Waals surface area contributed by atoms with E-state index in [0.29, 0.717) is 24.2 Å². The monoisotopic (exact) mass is 419 g/mol. The largest absolute Gasteiger partial charge is 0.472 e. The van der Waals surface area contributed by atoms with Crippen molar-refractivity contribution in [3.05, 3.63) is 47.2 Å². The number of amides is 1. The van der Waals surface area contributed by atoms with Crippen LogP contribution in [0.2, 0.25) is 0 Å². The number of benzene rings is 1. The van der Waals surface area contributed by atoms with Crippen LogP contribution in [0.15, 0.2) is 35.5 Å². The van der Waals surface area contributed by atoms with Crippen LogP contribution >= 0.6 is 0 Å². The molecule has 0 atom stereocenters. The highest BCUT2D eigenvalue weighted by Gasteiger charge is 2.30. The van der Waals surface area contributed by atoms with E-state index < -0.39 is 21.5 Å². The molecule has 0 saturated carbocycles. The van der Waals surface area contributed by atoms with Crippen LogP contribution in [0.5, 0.6) is 5.88 Å².